The van der Waals surface area contributed by atoms with E-state index in [1.165, 1.54) is 4.90 Å². The van der Waals surface area contributed by atoms with E-state index in [0.717, 1.165) is 0 Å². The van der Waals surface area contributed by atoms with Gasteiger partial charge in [-0.1, -0.05) is 23.2 Å². The van der Waals surface area contributed by atoms with E-state index in [9.17, 15) is 4.79 Å². The van der Waals surface area contributed by atoms with Crippen molar-refractivity contribution in [3.63, 3.8) is 0 Å². The van der Waals surface area contributed by atoms with Gasteiger partial charge >= 0.3 is 6.03 Å². The number of halogens is 3. The molecule has 0 saturated carbocycles. The molecule has 6 nitrogen and oxygen atoms in total. The Hall–Kier alpha value is -1.21. The molecule has 0 unspecified atom stereocenters. The van der Waals surface area contributed by atoms with Gasteiger partial charge in [0.05, 0.1) is 13.1 Å². The van der Waals surface area contributed by atoms with Gasteiger partial charge in [0.2, 0.25) is 0 Å². The van der Waals surface area contributed by atoms with Gasteiger partial charge in [-0.3, -0.25) is 9.89 Å². The summed E-state index contributed by atoms with van der Waals surface area (Å²) in [5.41, 5.74) is 6.08. The molecule has 106 valence electrons. The summed E-state index contributed by atoms with van der Waals surface area (Å²) in [6.07, 6.45) is 0. The SMILES string of the molecule is Cl.NC1=NCCN1C(=O)Nc1cc(Cl)cc(Cl)c1.O. The lowest BCUT2D eigenvalue weighted by Crippen LogP contribution is -2.41. The molecule has 2 rings (SSSR count). The Morgan fingerprint density at radius 3 is 2.37 bits per heavy atom. The van der Waals surface area contributed by atoms with E-state index < -0.39 is 0 Å². The summed E-state index contributed by atoms with van der Waals surface area (Å²) in [4.78, 5) is 17.1. The van der Waals surface area contributed by atoms with E-state index in [2.05, 4.69) is 10.3 Å². The molecule has 5 N–H and O–H groups in total. The fraction of sp³-hybridized carbons (Fsp3) is 0.200. The van der Waals surface area contributed by atoms with Crippen LogP contribution in [0.3, 0.4) is 0 Å². The largest absolute Gasteiger partial charge is 0.412 e. The molecule has 0 atom stereocenters. The zero-order valence-electron chi connectivity index (χ0n) is 9.69. The minimum Gasteiger partial charge on any atom is -0.412 e. The number of amides is 2. The zero-order valence-corrected chi connectivity index (χ0v) is 12.0. The molecular weight excluding hydrogens is 314 g/mol. The molecule has 0 radical (unpaired) electrons. The number of nitrogens with zero attached hydrogens (tertiary/aromatic N) is 2. The molecule has 0 spiro atoms. The van der Waals surface area contributed by atoms with Crippen molar-refractivity contribution in [1.82, 2.24) is 4.90 Å². The maximum absolute atomic E-state index is 11.8. The van der Waals surface area contributed by atoms with Gasteiger partial charge in [0.15, 0.2) is 5.96 Å². The van der Waals surface area contributed by atoms with E-state index in [4.69, 9.17) is 28.9 Å². The Morgan fingerprint density at radius 2 is 1.89 bits per heavy atom. The average molecular weight is 328 g/mol. The predicted molar refractivity (Wildman–Crippen MR) is 79.5 cm³/mol. The lowest BCUT2D eigenvalue weighted by Gasteiger charge is -2.16. The van der Waals surface area contributed by atoms with E-state index in [0.29, 0.717) is 28.8 Å². The maximum atomic E-state index is 11.8. The number of aliphatic imine (C=N–C) groups is 1. The molecule has 1 aliphatic rings. The van der Waals surface area contributed by atoms with Gasteiger partial charge in [0.1, 0.15) is 0 Å². The molecule has 0 fully saturated rings. The molecule has 0 bridgehead atoms. The smallest absolute Gasteiger partial charge is 0.328 e. The van der Waals surface area contributed by atoms with Crippen molar-refractivity contribution < 1.29 is 10.3 Å². The molecule has 0 aromatic heterocycles. The molecule has 1 aromatic rings. The Balaban J connectivity index is 0.00000162. The van der Waals surface area contributed by atoms with Crippen molar-refractivity contribution in [2.24, 2.45) is 10.7 Å². The van der Waals surface area contributed by atoms with Crippen LogP contribution in [0.25, 0.3) is 0 Å². The molecule has 1 aliphatic heterocycles. The lowest BCUT2D eigenvalue weighted by atomic mass is 10.3. The van der Waals surface area contributed by atoms with Gasteiger partial charge in [-0.25, -0.2) is 4.79 Å². The fourth-order valence-electron chi connectivity index (χ4n) is 1.49. The van der Waals surface area contributed by atoms with Crippen LogP contribution in [0, 0.1) is 0 Å². The van der Waals surface area contributed by atoms with Crippen LogP contribution in [0.2, 0.25) is 10.0 Å². The van der Waals surface area contributed by atoms with Gasteiger partial charge < -0.3 is 16.5 Å². The molecular formula is C10H13Cl3N4O2. The van der Waals surface area contributed by atoms with Gasteiger partial charge in [-0.2, -0.15) is 0 Å². The first-order valence-electron chi connectivity index (χ1n) is 4.91. The van der Waals surface area contributed by atoms with Crippen molar-refractivity contribution in [1.29, 1.82) is 0 Å². The quantitative estimate of drug-likeness (QED) is 0.820. The van der Waals surface area contributed by atoms with Crippen LogP contribution >= 0.6 is 35.6 Å². The van der Waals surface area contributed by atoms with Crippen LogP contribution in [0.5, 0.6) is 0 Å². The average Bonchev–Trinajstić information content (AvgIpc) is 2.62. The van der Waals surface area contributed by atoms with Crippen LogP contribution in [0.4, 0.5) is 10.5 Å². The van der Waals surface area contributed by atoms with Crippen LogP contribution in [-0.2, 0) is 0 Å². The molecule has 19 heavy (non-hydrogen) atoms. The minimum atomic E-state index is -0.345. The number of carbonyl (C=O) groups is 1. The van der Waals surface area contributed by atoms with Gasteiger partial charge in [0.25, 0.3) is 0 Å². The number of nitrogens with two attached hydrogens (primary N) is 1. The third-order valence-corrected chi connectivity index (χ3v) is 2.67. The standard InChI is InChI=1S/C10H10Cl2N4O.ClH.H2O/c11-6-3-7(12)5-8(4-6)15-10(17)16-2-1-14-9(16)13;;/h3-5H,1-2H2,(H2,13,14)(H,15,17);1H;1H2. The normalized spacial score (nSPS) is 13.2. The van der Waals surface area contributed by atoms with Crippen LogP contribution in [-0.4, -0.2) is 35.5 Å². The second-order valence-corrected chi connectivity index (χ2v) is 4.35. The first-order chi connectivity index (χ1) is 8.06. The van der Waals surface area contributed by atoms with Crippen molar-refractivity contribution >= 4 is 53.3 Å². The molecule has 1 heterocycles. The molecule has 9 heteroatoms. The molecule has 0 saturated heterocycles. The number of nitrogens with one attached hydrogen (secondary N) is 1. The summed E-state index contributed by atoms with van der Waals surface area (Å²) in [7, 11) is 0. The monoisotopic (exact) mass is 326 g/mol. The Bertz CT molecular complexity index is 475. The number of urea groups is 1. The zero-order chi connectivity index (χ0) is 12.4. The van der Waals surface area contributed by atoms with Crippen molar-refractivity contribution in [3.8, 4) is 0 Å². The van der Waals surface area contributed by atoms with Crippen LogP contribution in [0.15, 0.2) is 23.2 Å². The Kier molecular flexibility index (Phi) is 6.93. The molecule has 2 amide bonds. The van der Waals surface area contributed by atoms with Crippen molar-refractivity contribution in [2.75, 3.05) is 18.4 Å². The lowest BCUT2D eigenvalue weighted by molar-refractivity contribution is 0.236. The minimum absolute atomic E-state index is 0. The van der Waals surface area contributed by atoms with Gasteiger partial charge in [-0.15, -0.1) is 12.4 Å². The van der Waals surface area contributed by atoms with E-state index >= 15 is 0 Å². The first kappa shape index (κ1) is 17.8. The van der Waals surface area contributed by atoms with Gasteiger partial charge in [0, 0.05) is 15.7 Å². The topological polar surface area (TPSA) is 102 Å². The number of anilines is 1. The number of rotatable bonds is 1. The Labute approximate surface area is 126 Å². The predicted octanol–water partition coefficient (Wildman–Crippen LogP) is 1.75. The number of guanidine groups is 1. The summed E-state index contributed by atoms with van der Waals surface area (Å²) >= 11 is 11.6. The summed E-state index contributed by atoms with van der Waals surface area (Å²) in [5.74, 6) is 0.218. The summed E-state index contributed by atoms with van der Waals surface area (Å²) < 4.78 is 0. The van der Waals surface area contributed by atoms with Crippen molar-refractivity contribution in [3.05, 3.63) is 28.2 Å². The summed E-state index contributed by atoms with van der Waals surface area (Å²) in [6, 6.07) is 4.45. The number of hydrogen-bond acceptors (Lipinski definition) is 3. The maximum Gasteiger partial charge on any atom is 0.328 e. The van der Waals surface area contributed by atoms with Gasteiger partial charge in [-0.05, 0) is 18.2 Å². The highest BCUT2D eigenvalue weighted by atomic mass is 35.5. The number of benzene rings is 1. The molecule has 1 aromatic carbocycles. The van der Waals surface area contributed by atoms with E-state index in [-0.39, 0.29) is 29.9 Å². The highest BCUT2D eigenvalue weighted by Gasteiger charge is 2.21. The fourth-order valence-corrected chi connectivity index (χ4v) is 2.01. The van der Waals surface area contributed by atoms with E-state index in [1.54, 1.807) is 18.2 Å². The van der Waals surface area contributed by atoms with Crippen LogP contribution in [0.1, 0.15) is 0 Å². The third-order valence-electron chi connectivity index (χ3n) is 2.23. The van der Waals surface area contributed by atoms with E-state index in [1.807, 2.05) is 0 Å². The van der Waals surface area contributed by atoms with Crippen molar-refractivity contribution in [2.45, 2.75) is 0 Å². The number of hydrogen-bond donors (Lipinski definition) is 2. The third kappa shape index (κ3) is 4.43. The first-order valence-corrected chi connectivity index (χ1v) is 5.66. The Morgan fingerprint density at radius 1 is 1.32 bits per heavy atom. The summed E-state index contributed by atoms with van der Waals surface area (Å²) in [6.45, 7) is 1.00. The highest BCUT2D eigenvalue weighted by Crippen LogP contribution is 2.22. The second-order valence-electron chi connectivity index (χ2n) is 3.48. The second kappa shape index (κ2) is 7.40. The van der Waals surface area contributed by atoms with Crippen LogP contribution < -0.4 is 11.1 Å². The molecule has 0 aliphatic carbocycles. The number of carbonyl (C=O) groups excluding carboxylic acids is 1. The highest BCUT2D eigenvalue weighted by molar-refractivity contribution is 6.35. The summed E-state index contributed by atoms with van der Waals surface area (Å²) in [5, 5.41) is 3.56.